The zero-order valence-electron chi connectivity index (χ0n) is 21.3. The fourth-order valence-electron chi connectivity index (χ4n) is 9.38. The molecular formula is C32H38N2O. The number of rotatable bonds is 3. The summed E-state index contributed by atoms with van der Waals surface area (Å²) in [6.45, 7) is 2.59. The Labute approximate surface area is 209 Å². The summed E-state index contributed by atoms with van der Waals surface area (Å²) >= 11 is 0. The van der Waals surface area contributed by atoms with Crippen LogP contribution < -0.4 is 0 Å². The van der Waals surface area contributed by atoms with Crippen LogP contribution in [0.1, 0.15) is 82.6 Å². The molecule has 2 bridgehead atoms. The summed E-state index contributed by atoms with van der Waals surface area (Å²) in [4.78, 5) is 7.10. The molecule has 1 aromatic heterocycles. The van der Waals surface area contributed by atoms with Crippen molar-refractivity contribution in [3.63, 3.8) is 0 Å². The van der Waals surface area contributed by atoms with Gasteiger partial charge in [0.2, 0.25) is 0 Å². The van der Waals surface area contributed by atoms with Crippen LogP contribution in [-0.2, 0) is 4.74 Å². The maximum atomic E-state index is 7.52. The summed E-state index contributed by atoms with van der Waals surface area (Å²) in [5.74, 6) is 1.21. The van der Waals surface area contributed by atoms with Crippen molar-refractivity contribution in [1.29, 1.82) is 0 Å². The molecule has 1 aromatic carbocycles. The lowest BCUT2D eigenvalue weighted by molar-refractivity contribution is -0.140. The molecular weight excluding hydrogens is 428 g/mol. The van der Waals surface area contributed by atoms with Gasteiger partial charge >= 0.3 is 0 Å². The monoisotopic (exact) mass is 466 g/mol. The van der Waals surface area contributed by atoms with E-state index >= 15 is 0 Å². The molecule has 8 rings (SSSR count). The van der Waals surface area contributed by atoms with Crippen LogP contribution in [0.3, 0.4) is 0 Å². The van der Waals surface area contributed by atoms with Crippen LogP contribution in [-0.4, -0.2) is 40.2 Å². The van der Waals surface area contributed by atoms with E-state index in [2.05, 4.69) is 60.3 Å². The van der Waals surface area contributed by atoms with E-state index in [1.807, 2.05) is 12.4 Å². The van der Waals surface area contributed by atoms with Gasteiger partial charge in [-0.3, -0.25) is 4.98 Å². The second kappa shape index (κ2) is 7.07. The number of pyridine rings is 1. The van der Waals surface area contributed by atoms with Crippen molar-refractivity contribution in [2.75, 3.05) is 7.05 Å². The first-order valence-corrected chi connectivity index (χ1v) is 14.2. The molecule has 2 aliphatic heterocycles. The van der Waals surface area contributed by atoms with E-state index in [0.717, 1.165) is 6.04 Å². The Hall–Kier alpha value is -1.97. The second-order valence-electron chi connectivity index (χ2n) is 13.0. The smallest absolute Gasteiger partial charge is 0.0974 e. The minimum Gasteiger partial charge on any atom is -0.359 e. The predicted octanol–water partition coefficient (Wildman–Crippen LogP) is 6.94. The van der Waals surface area contributed by atoms with E-state index < -0.39 is 0 Å². The van der Waals surface area contributed by atoms with Gasteiger partial charge in [-0.1, -0.05) is 31.2 Å². The second-order valence-corrected chi connectivity index (χ2v) is 13.0. The van der Waals surface area contributed by atoms with Gasteiger partial charge in [-0.15, -0.1) is 0 Å². The van der Waals surface area contributed by atoms with Gasteiger partial charge in [0.05, 0.1) is 11.2 Å². The highest BCUT2D eigenvalue weighted by atomic mass is 16.5. The third kappa shape index (κ3) is 2.83. The zero-order chi connectivity index (χ0) is 23.4. The average molecular weight is 467 g/mol. The van der Waals surface area contributed by atoms with Gasteiger partial charge < -0.3 is 9.64 Å². The highest BCUT2D eigenvalue weighted by molar-refractivity contribution is 5.82. The van der Waals surface area contributed by atoms with E-state index in [-0.39, 0.29) is 16.6 Å². The molecule has 1 saturated heterocycles. The van der Waals surface area contributed by atoms with Gasteiger partial charge in [0.1, 0.15) is 0 Å². The molecule has 4 fully saturated rings. The summed E-state index contributed by atoms with van der Waals surface area (Å²) in [5.41, 5.74) is 4.89. The molecule has 2 unspecified atom stereocenters. The van der Waals surface area contributed by atoms with Crippen LogP contribution in [0.25, 0.3) is 10.8 Å². The molecule has 35 heavy (non-hydrogen) atoms. The third-order valence-corrected chi connectivity index (χ3v) is 11.4. The van der Waals surface area contributed by atoms with Crippen molar-refractivity contribution in [3.8, 4) is 0 Å². The van der Waals surface area contributed by atoms with E-state index in [0.29, 0.717) is 17.9 Å². The van der Waals surface area contributed by atoms with E-state index in [1.165, 1.54) is 80.5 Å². The molecule has 182 valence electrons. The number of allylic oxidation sites excluding steroid dienone is 1. The number of hydrogen-bond acceptors (Lipinski definition) is 3. The van der Waals surface area contributed by atoms with E-state index in [9.17, 15) is 0 Å². The van der Waals surface area contributed by atoms with Crippen LogP contribution in [0, 0.1) is 11.3 Å². The largest absolute Gasteiger partial charge is 0.359 e. The van der Waals surface area contributed by atoms with Crippen molar-refractivity contribution in [3.05, 3.63) is 65.5 Å². The molecule has 3 heterocycles. The third-order valence-electron chi connectivity index (χ3n) is 11.4. The molecule has 3 nitrogen and oxygen atoms in total. The van der Waals surface area contributed by atoms with Crippen LogP contribution in [0.2, 0.25) is 0 Å². The van der Waals surface area contributed by atoms with Crippen molar-refractivity contribution < 1.29 is 4.74 Å². The number of hydrogen-bond donors (Lipinski definition) is 0. The lowest BCUT2D eigenvalue weighted by Crippen LogP contribution is -2.55. The lowest BCUT2D eigenvalue weighted by Gasteiger charge is -2.55. The number of benzene rings is 1. The van der Waals surface area contributed by atoms with Gasteiger partial charge in [-0.05, 0) is 123 Å². The van der Waals surface area contributed by atoms with E-state index in [1.54, 1.807) is 11.1 Å². The maximum Gasteiger partial charge on any atom is 0.0974 e. The molecule has 6 atom stereocenters. The fourth-order valence-corrected chi connectivity index (χ4v) is 9.38. The summed E-state index contributed by atoms with van der Waals surface area (Å²) in [5, 5.41) is 2.57. The van der Waals surface area contributed by atoms with Crippen molar-refractivity contribution >= 4 is 10.8 Å². The highest BCUT2D eigenvalue weighted by Crippen LogP contribution is 2.69. The van der Waals surface area contributed by atoms with Crippen LogP contribution in [0.4, 0.5) is 0 Å². The lowest BCUT2D eigenvalue weighted by atomic mass is 9.58. The Morgan fingerprint density at radius 2 is 1.91 bits per heavy atom. The summed E-state index contributed by atoms with van der Waals surface area (Å²) < 4.78 is 7.52. The van der Waals surface area contributed by atoms with Crippen molar-refractivity contribution in [2.45, 2.75) is 100 Å². The Balaban J connectivity index is 1.15. The van der Waals surface area contributed by atoms with Crippen molar-refractivity contribution in [1.82, 2.24) is 9.88 Å². The Kier molecular flexibility index (Phi) is 4.27. The number of ether oxygens (including phenoxy) is 1. The van der Waals surface area contributed by atoms with Crippen LogP contribution >= 0.6 is 0 Å². The Bertz CT molecular complexity index is 1280. The van der Waals surface area contributed by atoms with Gasteiger partial charge in [0.25, 0.3) is 0 Å². The summed E-state index contributed by atoms with van der Waals surface area (Å²) in [7, 11) is 2.38. The van der Waals surface area contributed by atoms with Crippen LogP contribution in [0.5, 0.6) is 0 Å². The van der Waals surface area contributed by atoms with Gasteiger partial charge in [0, 0.05) is 29.9 Å². The molecule has 4 aliphatic carbocycles. The first kappa shape index (κ1) is 21.1. The average Bonchev–Trinajstić information content (AvgIpc) is 3.60. The molecule has 0 radical (unpaired) electrons. The number of nitrogens with zero attached hydrogens (tertiary/aromatic N) is 2. The maximum absolute atomic E-state index is 7.52. The summed E-state index contributed by atoms with van der Waals surface area (Å²) in [6, 6.07) is 10.8. The molecule has 3 saturated carbocycles. The topological polar surface area (TPSA) is 25.4 Å². The number of fused-ring (bicyclic) bond motifs is 2. The normalized spacial score (nSPS) is 41.9. The fraction of sp³-hybridized carbons (Fsp3) is 0.594. The Morgan fingerprint density at radius 3 is 2.80 bits per heavy atom. The zero-order valence-corrected chi connectivity index (χ0v) is 21.3. The minimum atomic E-state index is -0.0519. The first-order valence-electron chi connectivity index (χ1n) is 14.2. The molecule has 0 amide bonds. The summed E-state index contributed by atoms with van der Waals surface area (Å²) in [6.07, 6.45) is 21.9. The number of aromatic nitrogens is 1. The highest BCUT2D eigenvalue weighted by Gasteiger charge is 2.66. The minimum absolute atomic E-state index is 0.00830. The van der Waals surface area contributed by atoms with Crippen LogP contribution in [0.15, 0.2) is 60.0 Å². The van der Waals surface area contributed by atoms with Gasteiger partial charge in [0.15, 0.2) is 0 Å². The van der Waals surface area contributed by atoms with Gasteiger partial charge in [-0.25, -0.2) is 0 Å². The standard InChI is InChI=1S/C32H38N2O/c1-30-13-11-25-18-24-5-6-27(34(2)26-7-8-26)19-31(24)14-15-32(25,35-31)29(30)10-9-28(30)22-4-3-21-12-16-33-20-23(21)17-22/h3-4,11-12,16-18,20,26-29H,5-10,13-15,19H2,1-2H3/t27-,28?,29+,30+,31+,32?/m0/s1. The Morgan fingerprint density at radius 1 is 1.00 bits per heavy atom. The first-order chi connectivity index (χ1) is 17.0. The quantitative estimate of drug-likeness (QED) is 0.490. The predicted molar refractivity (Wildman–Crippen MR) is 140 cm³/mol. The van der Waals surface area contributed by atoms with Crippen molar-refractivity contribution in [2.24, 2.45) is 11.3 Å². The molecule has 3 heteroatoms. The van der Waals surface area contributed by atoms with Gasteiger partial charge in [-0.2, -0.15) is 0 Å². The SMILES string of the molecule is CN(C1CC1)[C@H]1CCC2=CC3=CC[C@]4(C)C(c5ccc6ccncc6c5)CC[C@H]4C34CC[C@]2(C1)O4. The molecule has 6 aliphatic rings. The molecule has 2 aromatic rings. The molecule has 0 N–H and O–H groups in total. The molecule has 2 spiro atoms. The van der Waals surface area contributed by atoms with E-state index in [4.69, 9.17) is 4.74 Å².